The van der Waals surface area contributed by atoms with E-state index < -0.39 is 0 Å². The molecule has 3 rings (SSSR count). The van der Waals surface area contributed by atoms with E-state index in [1.165, 1.54) is 4.68 Å². The van der Waals surface area contributed by atoms with Gasteiger partial charge in [-0.3, -0.25) is 4.79 Å². The fourth-order valence-corrected chi connectivity index (χ4v) is 1.95. The molecule has 0 aliphatic carbocycles. The van der Waals surface area contributed by atoms with E-state index in [1.807, 2.05) is 48.5 Å². The standard InChI is InChI=1S/C15H12N4O/c20-14(13-9-5-2-6-10-13)15-16-17-18-19(15)11-12-7-3-1-4-8-12/h1-10H,11H2. The van der Waals surface area contributed by atoms with Crippen LogP contribution in [0.25, 0.3) is 0 Å². The quantitative estimate of drug-likeness (QED) is 0.676. The van der Waals surface area contributed by atoms with Crippen LogP contribution in [0.5, 0.6) is 0 Å². The minimum Gasteiger partial charge on any atom is -0.285 e. The first-order valence-electron chi connectivity index (χ1n) is 6.24. The van der Waals surface area contributed by atoms with E-state index >= 15 is 0 Å². The third-order valence-electron chi connectivity index (χ3n) is 2.95. The SMILES string of the molecule is O=C(c1ccccc1)c1nnnn1Cc1ccccc1. The third-order valence-corrected chi connectivity index (χ3v) is 2.95. The Morgan fingerprint density at radius 1 is 0.950 bits per heavy atom. The molecule has 0 amide bonds. The summed E-state index contributed by atoms with van der Waals surface area (Å²) in [5.41, 5.74) is 1.62. The summed E-state index contributed by atoms with van der Waals surface area (Å²) in [6, 6.07) is 18.8. The minimum absolute atomic E-state index is 0.175. The van der Waals surface area contributed by atoms with E-state index in [9.17, 15) is 4.79 Å². The molecule has 0 spiro atoms. The number of benzene rings is 2. The van der Waals surface area contributed by atoms with Gasteiger partial charge in [0.15, 0.2) is 0 Å². The average molecular weight is 264 g/mol. The maximum Gasteiger partial charge on any atom is 0.231 e. The highest BCUT2D eigenvalue weighted by Gasteiger charge is 2.17. The van der Waals surface area contributed by atoms with Crippen molar-refractivity contribution < 1.29 is 4.79 Å². The van der Waals surface area contributed by atoms with Crippen molar-refractivity contribution in [2.45, 2.75) is 6.54 Å². The Labute approximate surface area is 115 Å². The highest BCUT2D eigenvalue weighted by molar-refractivity contribution is 6.06. The summed E-state index contributed by atoms with van der Waals surface area (Å²) in [6.07, 6.45) is 0. The smallest absolute Gasteiger partial charge is 0.231 e. The first-order chi connectivity index (χ1) is 9.84. The van der Waals surface area contributed by atoms with Gasteiger partial charge >= 0.3 is 0 Å². The second-order valence-corrected chi connectivity index (χ2v) is 4.34. The van der Waals surface area contributed by atoms with Gasteiger partial charge in [-0.1, -0.05) is 60.7 Å². The van der Waals surface area contributed by atoms with Crippen LogP contribution >= 0.6 is 0 Å². The van der Waals surface area contributed by atoms with Crippen molar-refractivity contribution in [1.29, 1.82) is 0 Å². The Morgan fingerprint density at radius 2 is 1.60 bits per heavy atom. The monoisotopic (exact) mass is 264 g/mol. The van der Waals surface area contributed by atoms with Gasteiger partial charge in [-0.05, 0) is 16.0 Å². The molecule has 0 atom stereocenters. The lowest BCUT2D eigenvalue weighted by Gasteiger charge is -2.04. The number of nitrogens with zero attached hydrogens (tertiary/aromatic N) is 4. The predicted molar refractivity (Wildman–Crippen MR) is 73.2 cm³/mol. The van der Waals surface area contributed by atoms with Crippen LogP contribution < -0.4 is 0 Å². The molecule has 0 saturated carbocycles. The van der Waals surface area contributed by atoms with Crippen LogP contribution in [0.4, 0.5) is 0 Å². The molecule has 0 bridgehead atoms. The van der Waals surface area contributed by atoms with Crippen LogP contribution in [0.1, 0.15) is 21.7 Å². The van der Waals surface area contributed by atoms with E-state index in [0.29, 0.717) is 12.1 Å². The second-order valence-electron chi connectivity index (χ2n) is 4.34. The molecular formula is C15H12N4O. The van der Waals surface area contributed by atoms with Crippen LogP contribution in [0, 0.1) is 0 Å². The van der Waals surface area contributed by atoms with Gasteiger partial charge in [-0.25, -0.2) is 4.68 Å². The highest BCUT2D eigenvalue weighted by atomic mass is 16.1. The highest BCUT2D eigenvalue weighted by Crippen LogP contribution is 2.08. The number of hydrogen-bond donors (Lipinski definition) is 0. The van der Waals surface area contributed by atoms with E-state index in [4.69, 9.17) is 0 Å². The van der Waals surface area contributed by atoms with E-state index in [1.54, 1.807) is 12.1 Å². The predicted octanol–water partition coefficient (Wildman–Crippen LogP) is 1.95. The molecule has 20 heavy (non-hydrogen) atoms. The largest absolute Gasteiger partial charge is 0.285 e. The van der Waals surface area contributed by atoms with Crippen LogP contribution in [-0.2, 0) is 6.54 Å². The van der Waals surface area contributed by atoms with E-state index in [2.05, 4.69) is 15.5 Å². The summed E-state index contributed by atoms with van der Waals surface area (Å²) in [6.45, 7) is 0.474. The van der Waals surface area contributed by atoms with Gasteiger partial charge < -0.3 is 0 Å². The molecule has 0 aliphatic heterocycles. The van der Waals surface area contributed by atoms with Crippen LogP contribution in [-0.4, -0.2) is 26.0 Å². The maximum absolute atomic E-state index is 12.4. The third kappa shape index (κ3) is 2.47. The maximum atomic E-state index is 12.4. The van der Waals surface area contributed by atoms with Gasteiger partial charge in [0.25, 0.3) is 0 Å². The summed E-state index contributed by atoms with van der Waals surface area (Å²) in [5.74, 6) is 0.0755. The first-order valence-corrected chi connectivity index (χ1v) is 6.24. The molecule has 5 nitrogen and oxygen atoms in total. The fourth-order valence-electron chi connectivity index (χ4n) is 1.95. The molecule has 0 aliphatic rings. The number of ketones is 1. The van der Waals surface area contributed by atoms with Crippen LogP contribution in [0.3, 0.4) is 0 Å². The summed E-state index contributed by atoms with van der Waals surface area (Å²) in [7, 11) is 0. The molecule has 3 aromatic rings. The van der Waals surface area contributed by atoms with E-state index in [-0.39, 0.29) is 11.6 Å². The lowest BCUT2D eigenvalue weighted by molar-refractivity contribution is 0.102. The van der Waals surface area contributed by atoms with Gasteiger partial charge in [-0.2, -0.15) is 0 Å². The van der Waals surface area contributed by atoms with Gasteiger partial charge in [0.05, 0.1) is 6.54 Å². The molecule has 0 fully saturated rings. The average Bonchev–Trinajstić information content (AvgIpc) is 2.96. The van der Waals surface area contributed by atoms with Crippen molar-refractivity contribution in [2.24, 2.45) is 0 Å². The molecule has 0 saturated heterocycles. The molecule has 0 radical (unpaired) electrons. The number of carbonyl (C=O) groups is 1. The van der Waals surface area contributed by atoms with Gasteiger partial charge in [-0.15, -0.1) is 5.10 Å². The summed E-state index contributed by atoms with van der Waals surface area (Å²) in [5, 5.41) is 11.3. The zero-order valence-corrected chi connectivity index (χ0v) is 10.7. The molecule has 0 N–H and O–H groups in total. The van der Waals surface area contributed by atoms with Crippen molar-refractivity contribution in [2.75, 3.05) is 0 Å². The summed E-state index contributed by atoms with van der Waals surface area (Å²) >= 11 is 0. The lowest BCUT2D eigenvalue weighted by atomic mass is 10.1. The number of carbonyl (C=O) groups excluding carboxylic acids is 1. The van der Waals surface area contributed by atoms with Crippen molar-refractivity contribution in [3.8, 4) is 0 Å². The van der Waals surface area contributed by atoms with Gasteiger partial charge in [0.1, 0.15) is 0 Å². The van der Waals surface area contributed by atoms with Crippen molar-refractivity contribution in [1.82, 2.24) is 20.2 Å². The number of tetrazole rings is 1. The fraction of sp³-hybridized carbons (Fsp3) is 0.0667. The molecule has 5 heteroatoms. The molecule has 2 aromatic carbocycles. The van der Waals surface area contributed by atoms with Crippen molar-refractivity contribution in [3.05, 3.63) is 77.6 Å². The van der Waals surface area contributed by atoms with Gasteiger partial charge in [0, 0.05) is 5.56 Å². The normalized spacial score (nSPS) is 10.4. The number of hydrogen-bond acceptors (Lipinski definition) is 4. The number of rotatable bonds is 4. The molecular weight excluding hydrogens is 252 g/mol. The second kappa shape index (κ2) is 5.44. The van der Waals surface area contributed by atoms with Crippen LogP contribution in [0.15, 0.2) is 60.7 Å². The van der Waals surface area contributed by atoms with Crippen molar-refractivity contribution in [3.63, 3.8) is 0 Å². The topological polar surface area (TPSA) is 60.7 Å². The Bertz CT molecular complexity index is 707. The number of aromatic nitrogens is 4. The van der Waals surface area contributed by atoms with E-state index in [0.717, 1.165) is 5.56 Å². The first kappa shape index (κ1) is 12.2. The zero-order chi connectivity index (χ0) is 13.8. The molecule has 1 heterocycles. The lowest BCUT2D eigenvalue weighted by Crippen LogP contribution is -2.13. The molecule has 98 valence electrons. The minimum atomic E-state index is -0.175. The van der Waals surface area contributed by atoms with Crippen molar-refractivity contribution >= 4 is 5.78 Å². The Hall–Kier alpha value is -2.82. The Balaban J connectivity index is 1.89. The molecule has 0 unspecified atom stereocenters. The Morgan fingerprint density at radius 3 is 2.30 bits per heavy atom. The molecule has 1 aromatic heterocycles. The van der Waals surface area contributed by atoms with Gasteiger partial charge in [0.2, 0.25) is 11.6 Å². The summed E-state index contributed by atoms with van der Waals surface area (Å²) in [4.78, 5) is 12.4. The summed E-state index contributed by atoms with van der Waals surface area (Å²) < 4.78 is 1.52. The van der Waals surface area contributed by atoms with Crippen LogP contribution in [0.2, 0.25) is 0 Å². The zero-order valence-electron chi connectivity index (χ0n) is 10.7. The Kier molecular flexibility index (Phi) is 3.33.